The summed E-state index contributed by atoms with van der Waals surface area (Å²) in [5, 5.41) is 0. The first kappa shape index (κ1) is 7.06. The molecule has 1 heteroatoms. The van der Waals surface area contributed by atoms with E-state index in [1.54, 1.807) is 0 Å². The van der Waals surface area contributed by atoms with Crippen LogP contribution in [-0.4, -0.2) is 0 Å². The summed E-state index contributed by atoms with van der Waals surface area (Å²) in [6.07, 6.45) is 0. The van der Waals surface area contributed by atoms with Gasteiger partial charge in [0.2, 0.25) is 0 Å². The maximum atomic E-state index is 3.20. The monoisotopic (exact) mass is 231 g/mol. The number of rotatable bonds is 0. The van der Waals surface area contributed by atoms with Gasteiger partial charge >= 0.3 is 0 Å². The van der Waals surface area contributed by atoms with E-state index in [0.29, 0.717) is 0 Å². The van der Waals surface area contributed by atoms with E-state index in [-0.39, 0.29) is 0 Å². The predicted molar refractivity (Wildman–Crippen MR) is 47.5 cm³/mol. The predicted octanol–water partition coefficient (Wildman–Crippen LogP) is 2.71. The van der Waals surface area contributed by atoms with Crippen molar-refractivity contribution in [2.75, 3.05) is 0 Å². The van der Waals surface area contributed by atoms with Crippen molar-refractivity contribution in [2.45, 2.75) is 13.8 Å². The number of hydrogen-bond donors (Lipinski definition) is 0. The fourth-order valence-corrected chi connectivity index (χ4v) is 1.76. The van der Waals surface area contributed by atoms with Crippen molar-refractivity contribution in [1.29, 1.82) is 0 Å². The SMILES string of the molecule is Cc1[c]c(I)cc(C)c1. The molecule has 0 nitrogen and oxygen atoms in total. The third kappa shape index (κ3) is 1.97. The maximum Gasteiger partial charge on any atom is 0.0214 e. The van der Waals surface area contributed by atoms with Crippen LogP contribution in [0.1, 0.15) is 11.1 Å². The first-order chi connectivity index (χ1) is 4.18. The zero-order chi connectivity index (χ0) is 6.85. The molecule has 1 aromatic carbocycles. The lowest BCUT2D eigenvalue weighted by Gasteiger charge is -1.94. The van der Waals surface area contributed by atoms with Gasteiger partial charge in [0, 0.05) is 3.57 Å². The van der Waals surface area contributed by atoms with E-state index in [1.807, 2.05) is 0 Å². The Labute approximate surface area is 69.4 Å². The summed E-state index contributed by atoms with van der Waals surface area (Å²) in [4.78, 5) is 0. The van der Waals surface area contributed by atoms with Crippen LogP contribution in [-0.2, 0) is 0 Å². The lowest BCUT2D eigenvalue weighted by atomic mass is 10.2. The van der Waals surface area contributed by atoms with Gasteiger partial charge in [-0.15, -0.1) is 0 Å². The lowest BCUT2D eigenvalue weighted by molar-refractivity contribution is 1.36. The summed E-state index contributed by atoms with van der Waals surface area (Å²) in [5.41, 5.74) is 2.54. The molecule has 0 N–H and O–H groups in total. The molecule has 0 amide bonds. The fourth-order valence-electron chi connectivity index (χ4n) is 0.844. The molecule has 0 unspecified atom stereocenters. The van der Waals surface area contributed by atoms with Crippen LogP contribution in [0.25, 0.3) is 0 Å². The Balaban J connectivity index is 3.17. The average Bonchev–Trinajstić information content (AvgIpc) is 1.59. The van der Waals surface area contributed by atoms with E-state index in [1.165, 1.54) is 14.7 Å². The third-order valence-corrected chi connectivity index (χ3v) is 1.70. The van der Waals surface area contributed by atoms with Crippen LogP contribution >= 0.6 is 22.6 Å². The summed E-state index contributed by atoms with van der Waals surface area (Å²) in [5.74, 6) is 0. The smallest absolute Gasteiger partial charge is 0.0214 e. The highest BCUT2D eigenvalue weighted by atomic mass is 127. The Morgan fingerprint density at radius 3 is 2.44 bits per heavy atom. The first-order valence-corrected chi connectivity index (χ1v) is 3.92. The van der Waals surface area contributed by atoms with Crippen molar-refractivity contribution in [2.24, 2.45) is 0 Å². The molecule has 0 aliphatic rings. The van der Waals surface area contributed by atoms with Gasteiger partial charge in [-0.25, -0.2) is 0 Å². The van der Waals surface area contributed by atoms with E-state index in [2.05, 4.69) is 54.6 Å². The van der Waals surface area contributed by atoms with E-state index < -0.39 is 0 Å². The van der Waals surface area contributed by atoms with Gasteiger partial charge < -0.3 is 0 Å². The molecular formula is C8H8I. The molecular weight excluding hydrogens is 223 g/mol. The van der Waals surface area contributed by atoms with Crippen molar-refractivity contribution in [3.63, 3.8) is 0 Å². The minimum Gasteiger partial charge on any atom is -0.0557 e. The molecule has 1 radical (unpaired) electrons. The molecule has 1 aromatic rings. The molecule has 0 aromatic heterocycles. The molecule has 47 valence electrons. The minimum absolute atomic E-state index is 1.20. The van der Waals surface area contributed by atoms with Crippen LogP contribution in [0, 0.1) is 23.5 Å². The van der Waals surface area contributed by atoms with Gasteiger partial charge in [0.1, 0.15) is 0 Å². The van der Waals surface area contributed by atoms with Crippen molar-refractivity contribution in [3.8, 4) is 0 Å². The standard InChI is InChI=1S/C8H8I/c1-6-3-7(2)5-8(9)4-6/h3-4H,1-2H3. The zero-order valence-electron chi connectivity index (χ0n) is 5.53. The molecule has 0 atom stereocenters. The van der Waals surface area contributed by atoms with Crippen molar-refractivity contribution >= 4 is 22.6 Å². The quantitative estimate of drug-likeness (QED) is 0.602. The van der Waals surface area contributed by atoms with E-state index >= 15 is 0 Å². The summed E-state index contributed by atoms with van der Waals surface area (Å²) in [7, 11) is 0. The molecule has 0 saturated heterocycles. The normalized spacial score (nSPS) is 9.67. The highest BCUT2D eigenvalue weighted by Gasteiger charge is 1.89. The molecule has 1 rings (SSSR count). The second-order valence-electron chi connectivity index (χ2n) is 2.19. The number of halogens is 1. The molecule has 0 aliphatic heterocycles. The molecule has 0 saturated carbocycles. The molecule has 0 bridgehead atoms. The van der Waals surface area contributed by atoms with E-state index in [0.717, 1.165) is 0 Å². The average molecular weight is 231 g/mol. The van der Waals surface area contributed by atoms with E-state index in [4.69, 9.17) is 0 Å². The molecule has 9 heavy (non-hydrogen) atoms. The molecule has 0 heterocycles. The second-order valence-corrected chi connectivity index (χ2v) is 3.35. The summed E-state index contributed by atoms with van der Waals surface area (Å²) < 4.78 is 1.20. The topological polar surface area (TPSA) is 0 Å². The number of benzene rings is 1. The second kappa shape index (κ2) is 2.69. The number of aryl methyl sites for hydroxylation is 2. The first-order valence-electron chi connectivity index (χ1n) is 2.84. The van der Waals surface area contributed by atoms with Crippen LogP contribution in [0.5, 0.6) is 0 Å². The number of hydrogen-bond acceptors (Lipinski definition) is 0. The molecule has 0 spiro atoms. The third-order valence-electron chi connectivity index (χ3n) is 1.12. The van der Waals surface area contributed by atoms with Gasteiger partial charge in [0.25, 0.3) is 0 Å². The van der Waals surface area contributed by atoms with Crippen LogP contribution in [0.2, 0.25) is 0 Å². The summed E-state index contributed by atoms with van der Waals surface area (Å²) in [6, 6.07) is 7.44. The Bertz CT molecular complexity index is 165. The lowest BCUT2D eigenvalue weighted by Crippen LogP contribution is -1.78. The Hall–Kier alpha value is -0.0500. The van der Waals surface area contributed by atoms with Gasteiger partial charge in [-0.2, -0.15) is 0 Å². The Morgan fingerprint density at radius 2 is 2.00 bits per heavy atom. The molecule has 0 fully saturated rings. The maximum absolute atomic E-state index is 3.20. The van der Waals surface area contributed by atoms with Gasteiger partial charge in [0.05, 0.1) is 0 Å². The van der Waals surface area contributed by atoms with Crippen molar-refractivity contribution < 1.29 is 0 Å². The Morgan fingerprint density at radius 1 is 1.33 bits per heavy atom. The highest BCUT2D eigenvalue weighted by Crippen LogP contribution is 2.09. The van der Waals surface area contributed by atoms with Crippen LogP contribution in [0.4, 0.5) is 0 Å². The summed E-state index contributed by atoms with van der Waals surface area (Å²) in [6.45, 7) is 4.16. The van der Waals surface area contributed by atoms with E-state index in [9.17, 15) is 0 Å². The van der Waals surface area contributed by atoms with Crippen molar-refractivity contribution in [1.82, 2.24) is 0 Å². The zero-order valence-corrected chi connectivity index (χ0v) is 7.69. The summed E-state index contributed by atoms with van der Waals surface area (Å²) >= 11 is 2.28. The van der Waals surface area contributed by atoms with Crippen LogP contribution < -0.4 is 0 Å². The fraction of sp³-hybridized carbons (Fsp3) is 0.250. The van der Waals surface area contributed by atoms with Gasteiger partial charge in [-0.05, 0) is 59.7 Å². The van der Waals surface area contributed by atoms with Crippen LogP contribution in [0.3, 0.4) is 0 Å². The van der Waals surface area contributed by atoms with Crippen LogP contribution in [0.15, 0.2) is 12.1 Å². The highest BCUT2D eigenvalue weighted by molar-refractivity contribution is 14.1. The van der Waals surface area contributed by atoms with Gasteiger partial charge in [-0.3, -0.25) is 0 Å². The van der Waals surface area contributed by atoms with Gasteiger partial charge in [-0.1, -0.05) is 6.07 Å². The van der Waals surface area contributed by atoms with Gasteiger partial charge in [0.15, 0.2) is 0 Å². The molecule has 0 aliphatic carbocycles. The minimum atomic E-state index is 1.20. The largest absolute Gasteiger partial charge is 0.0557 e. The van der Waals surface area contributed by atoms with Crippen molar-refractivity contribution in [3.05, 3.63) is 32.9 Å². The Kier molecular flexibility index (Phi) is 2.11.